The predicted octanol–water partition coefficient (Wildman–Crippen LogP) is -1.85. The summed E-state index contributed by atoms with van der Waals surface area (Å²) in [4.78, 5) is 23.3. The summed E-state index contributed by atoms with van der Waals surface area (Å²) in [5.41, 5.74) is 0. The van der Waals surface area contributed by atoms with Crippen molar-refractivity contribution in [3.63, 3.8) is 0 Å². The number of rotatable bonds is 2. The Bertz CT molecular complexity index is 193. The Kier molecular flexibility index (Phi) is 2.06. The van der Waals surface area contributed by atoms with Gasteiger partial charge in [-0.3, -0.25) is 9.69 Å². The minimum absolute atomic E-state index is 0.157. The van der Waals surface area contributed by atoms with Gasteiger partial charge in [0.15, 0.2) is 0 Å². The van der Waals surface area contributed by atoms with Crippen LogP contribution >= 0.6 is 0 Å². The Balaban J connectivity index is 2.71. The largest absolute Gasteiger partial charge is 0.376 e. The minimum Gasteiger partial charge on any atom is -0.376 e. The maximum atomic E-state index is 10.9. The van der Waals surface area contributed by atoms with Crippen molar-refractivity contribution in [2.75, 3.05) is 20.0 Å². The third-order valence-corrected chi connectivity index (χ3v) is 1.44. The Labute approximate surface area is 62.6 Å². The van der Waals surface area contributed by atoms with E-state index in [1.54, 1.807) is 0 Å². The molecule has 0 aromatic carbocycles. The summed E-state index contributed by atoms with van der Waals surface area (Å²) in [7, 11) is 0. The van der Waals surface area contributed by atoms with Crippen LogP contribution in [0.25, 0.3) is 0 Å². The Hall–Kier alpha value is -1.14. The van der Waals surface area contributed by atoms with Gasteiger partial charge in [0.2, 0.25) is 0 Å². The molecule has 11 heavy (non-hydrogen) atoms. The van der Waals surface area contributed by atoms with Crippen molar-refractivity contribution in [1.82, 2.24) is 9.80 Å². The maximum Gasteiger partial charge on any atom is 0.330 e. The molecule has 1 aliphatic rings. The lowest BCUT2D eigenvalue weighted by molar-refractivity contribution is -0.127. The van der Waals surface area contributed by atoms with Crippen LogP contribution in [0, 0.1) is 0 Å². The van der Waals surface area contributed by atoms with Crippen molar-refractivity contribution in [3.05, 3.63) is 0 Å². The van der Waals surface area contributed by atoms with E-state index in [-0.39, 0.29) is 6.54 Å². The molecule has 62 valence electrons. The van der Waals surface area contributed by atoms with E-state index in [0.717, 1.165) is 4.90 Å². The molecule has 0 atom stereocenters. The summed E-state index contributed by atoms with van der Waals surface area (Å²) in [5, 5.41) is 17.0. The van der Waals surface area contributed by atoms with Crippen molar-refractivity contribution in [2.24, 2.45) is 0 Å². The van der Waals surface area contributed by atoms with E-state index >= 15 is 0 Å². The fourth-order valence-corrected chi connectivity index (χ4v) is 0.843. The van der Waals surface area contributed by atoms with Crippen LogP contribution < -0.4 is 0 Å². The first-order valence-electron chi connectivity index (χ1n) is 3.01. The molecule has 1 rings (SSSR count). The summed E-state index contributed by atoms with van der Waals surface area (Å²) >= 11 is 0. The SMILES string of the molecule is O=C1CN(CO)C(=O)N1CO. The summed E-state index contributed by atoms with van der Waals surface area (Å²) in [5.74, 6) is -0.494. The predicted molar refractivity (Wildman–Crippen MR) is 33.1 cm³/mol. The van der Waals surface area contributed by atoms with Crippen LogP contribution in [-0.2, 0) is 4.79 Å². The molecule has 0 aliphatic carbocycles. The van der Waals surface area contributed by atoms with E-state index in [0.29, 0.717) is 4.90 Å². The minimum atomic E-state index is -0.653. The third kappa shape index (κ3) is 1.17. The summed E-state index contributed by atoms with van der Waals surface area (Å²) in [6, 6.07) is -0.653. The number of carbonyl (C=O) groups excluding carboxylic acids is 2. The monoisotopic (exact) mass is 160 g/mol. The van der Waals surface area contributed by atoms with Gasteiger partial charge >= 0.3 is 6.03 Å². The number of urea groups is 1. The standard InChI is InChI=1S/C5H8N2O4/c8-2-6-1-4(10)7(3-9)5(6)11/h8-9H,1-3H2. The van der Waals surface area contributed by atoms with E-state index in [4.69, 9.17) is 10.2 Å². The normalized spacial score (nSPS) is 18.4. The van der Waals surface area contributed by atoms with Crippen LogP contribution in [0.15, 0.2) is 0 Å². The number of imide groups is 1. The van der Waals surface area contributed by atoms with Gasteiger partial charge in [0.25, 0.3) is 5.91 Å². The fourth-order valence-electron chi connectivity index (χ4n) is 0.843. The molecule has 1 fully saturated rings. The van der Waals surface area contributed by atoms with Gasteiger partial charge in [-0.05, 0) is 0 Å². The van der Waals surface area contributed by atoms with Gasteiger partial charge in [0.1, 0.15) is 20.0 Å². The quantitative estimate of drug-likeness (QED) is 0.464. The number of amides is 3. The molecule has 0 spiro atoms. The number of nitrogens with zero attached hydrogens (tertiary/aromatic N) is 2. The van der Waals surface area contributed by atoms with Crippen LogP contribution in [0.3, 0.4) is 0 Å². The Morgan fingerprint density at radius 2 is 1.91 bits per heavy atom. The molecule has 0 aromatic rings. The molecule has 1 aliphatic heterocycles. The average Bonchev–Trinajstić information content (AvgIpc) is 2.26. The first kappa shape index (κ1) is 7.96. The molecule has 0 bridgehead atoms. The van der Waals surface area contributed by atoms with Crippen molar-refractivity contribution in [1.29, 1.82) is 0 Å². The molecule has 3 amide bonds. The zero-order valence-electron chi connectivity index (χ0n) is 5.73. The van der Waals surface area contributed by atoms with Gasteiger partial charge in [-0.1, -0.05) is 0 Å². The van der Waals surface area contributed by atoms with E-state index in [1.807, 2.05) is 0 Å². The highest BCUT2D eigenvalue weighted by atomic mass is 16.3. The highest BCUT2D eigenvalue weighted by Gasteiger charge is 2.34. The molecule has 1 heterocycles. The molecule has 0 unspecified atom stereocenters. The van der Waals surface area contributed by atoms with Crippen molar-refractivity contribution < 1.29 is 19.8 Å². The molecule has 0 aromatic heterocycles. The second kappa shape index (κ2) is 2.85. The first-order chi connectivity index (χ1) is 5.20. The molecular formula is C5H8N2O4. The van der Waals surface area contributed by atoms with Crippen LogP contribution in [0.1, 0.15) is 0 Å². The lowest BCUT2D eigenvalue weighted by Crippen LogP contribution is -2.33. The van der Waals surface area contributed by atoms with Crippen molar-refractivity contribution in [2.45, 2.75) is 0 Å². The fraction of sp³-hybridized carbons (Fsp3) is 0.600. The summed E-state index contributed by atoms with van der Waals surface area (Å²) in [6.45, 7) is -1.29. The molecular weight excluding hydrogens is 152 g/mol. The van der Waals surface area contributed by atoms with E-state index in [9.17, 15) is 9.59 Å². The first-order valence-corrected chi connectivity index (χ1v) is 3.01. The zero-order chi connectivity index (χ0) is 8.43. The number of hydrogen-bond donors (Lipinski definition) is 2. The second-order valence-corrected chi connectivity index (χ2v) is 2.09. The van der Waals surface area contributed by atoms with Gasteiger partial charge in [0, 0.05) is 0 Å². The Morgan fingerprint density at radius 1 is 1.27 bits per heavy atom. The van der Waals surface area contributed by atoms with Gasteiger partial charge in [0.05, 0.1) is 0 Å². The van der Waals surface area contributed by atoms with E-state index < -0.39 is 25.4 Å². The van der Waals surface area contributed by atoms with Crippen molar-refractivity contribution >= 4 is 11.9 Å². The molecule has 0 saturated carbocycles. The van der Waals surface area contributed by atoms with E-state index in [2.05, 4.69) is 0 Å². The smallest absolute Gasteiger partial charge is 0.330 e. The van der Waals surface area contributed by atoms with Crippen LogP contribution in [0.2, 0.25) is 0 Å². The van der Waals surface area contributed by atoms with Crippen LogP contribution in [0.5, 0.6) is 0 Å². The average molecular weight is 160 g/mol. The third-order valence-electron chi connectivity index (χ3n) is 1.44. The lowest BCUT2D eigenvalue weighted by Gasteiger charge is -2.11. The highest BCUT2D eigenvalue weighted by Crippen LogP contribution is 2.06. The molecule has 6 nitrogen and oxygen atoms in total. The highest BCUT2D eigenvalue weighted by molar-refractivity contribution is 6.01. The topological polar surface area (TPSA) is 81.1 Å². The second-order valence-electron chi connectivity index (χ2n) is 2.09. The summed E-state index contributed by atoms with van der Waals surface area (Å²) in [6.07, 6.45) is 0. The van der Waals surface area contributed by atoms with Crippen molar-refractivity contribution in [3.8, 4) is 0 Å². The lowest BCUT2D eigenvalue weighted by atomic mass is 10.6. The van der Waals surface area contributed by atoms with Gasteiger partial charge in [-0.25, -0.2) is 9.69 Å². The number of aliphatic hydroxyl groups excluding tert-OH is 2. The zero-order valence-corrected chi connectivity index (χ0v) is 5.73. The van der Waals surface area contributed by atoms with Crippen LogP contribution in [-0.4, -0.2) is 52.0 Å². The van der Waals surface area contributed by atoms with Gasteiger partial charge in [-0.2, -0.15) is 0 Å². The number of carbonyl (C=O) groups is 2. The van der Waals surface area contributed by atoms with E-state index in [1.165, 1.54) is 0 Å². The number of aliphatic hydroxyl groups is 2. The Morgan fingerprint density at radius 3 is 2.18 bits per heavy atom. The molecule has 2 N–H and O–H groups in total. The van der Waals surface area contributed by atoms with Gasteiger partial charge < -0.3 is 10.2 Å². The maximum absolute atomic E-state index is 10.9. The summed E-state index contributed by atoms with van der Waals surface area (Å²) < 4.78 is 0. The number of hydrogen-bond acceptors (Lipinski definition) is 4. The molecule has 6 heteroatoms. The van der Waals surface area contributed by atoms with Crippen LogP contribution in [0.4, 0.5) is 4.79 Å². The molecule has 1 saturated heterocycles. The van der Waals surface area contributed by atoms with Gasteiger partial charge in [-0.15, -0.1) is 0 Å². The molecule has 0 radical (unpaired) electrons.